The van der Waals surface area contributed by atoms with Gasteiger partial charge in [0, 0.05) is 22.4 Å². The summed E-state index contributed by atoms with van der Waals surface area (Å²) in [6, 6.07) is 18.8. The lowest BCUT2D eigenvalue weighted by Gasteiger charge is -2.16. The van der Waals surface area contributed by atoms with E-state index in [1.54, 1.807) is 12.2 Å². The second kappa shape index (κ2) is 15.8. The molecule has 3 rings (SSSR count). The fourth-order valence-corrected chi connectivity index (χ4v) is 4.87. The number of rotatable bonds is 12. The smallest absolute Gasteiger partial charge is 0.156 e. The lowest BCUT2D eigenvalue weighted by Crippen LogP contribution is -2.01. The maximum Gasteiger partial charge on any atom is 0.156 e. The fourth-order valence-electron chi connectivity index (χ4n) is 4.87. The van der Waals surface area contributed by atoms with E-state index in [2.05, 4.69) is 113 Å². The monoisotopic (exact) mass is 562 g/mol. The second-order valence-electron chi connectivity index (χ2n) is 10.2. The summed E-state index contributed by atoms with van der Waals surface area (Å²) in [4.78, 5) is 10.1. The predicted molar refractivity (Wildman–Crippen MR) is 192 cm³/mol. The summed E-state index contributed by atoms with van der Waals surface area (Å²) >= 11 is 0. The van der Waals surface area contributed by atoms with Crippen molar-refractivity contribution in [3.05, 3.63) is 174 Å². The molecule has 43 heavy (non-hydrogen) atoms. The van der Waals surface area contributed by atoms with Crippen LogP contribution in [0.5, 0.6) is 0 Å². The van der Waals surface area contributed by atoms with Gasteiger partial charge in [0.15, 0.2) is 5.82 Å². The maximum absolute atomic E-state index is 5.07. The zero-order valence-corrected chi connectivity index (χ0v) is 26.2. The van der Waals surface area contributed by atoms with Crippen LogP contribution in [0, 0.1) is 13.8 Å². The Labute approximate surface area is 258 Å². The van der Waals surface area contributed by atoms with Crippen molar-refractivity contribution in [1.29, 1.82) is 0 Å². The van der Waals surface area contributed by atoms with Gasteiger partial charge in [0.05, 0.1) is 5.69 Å². The van der Waals surface area contributed by atoms with Gasteiger partial charge in [0.1, 0.15) is 0 Å². The van der Waals surface area contributed by atoms with E-state index < -0.39 is 0 Å². The van der Waals surface area contributed by atoms with Crippen molar-refractivity contribution in [2.24, 2.45) is 4.99 Å². The molecule has 2 heteroatoms. The van der Waals surface area contributed by atoms with Gasteiger partial charge < -0.3 is 0 Å². The molecule has 2 aromatic carbocycles. The van der Waals surface area contributed by atoms with Crippen molar-refractivity contribution >= 4 is 40.4 Å². The number of benzene rings is 2. The van der Waals surface area contributed by atoms with Crippen LogP contribution in [0.3, 0.4) is 0 Å². The Bertz CT molecular complexity index is 1700. The average molecular weight is 563 g/mol. The molecule has 0 aliphatic heterocycles. The zero-order chi connectivity index (χ0) is 31.4. The van der Waals surface area contributed by atoms with E-state index in [1.165, 1.54) is 16.7 Å². The quantitative estimate of drug-likeness (QED) is 0.159. The molecule has 0 unspecified atom stereocenters. The Kier molecular flexibility index (Phi) is 11.9. The van der Waals surface area contributed by atoms with Crippen LogP contribution in [-0.4, -0.2) is 10.7 Å². The fraction of sp³-hybridized carbons (Fsp3) is 0.122. The first-order valence-electron chi connectivity index (χ1n) is 14.4. The molecule has 2 nitrogen and oxygen atoms in total. The van der Waals surface area contributed by atoms with Gasteiger partial charge in [0.2, 0.25) is 0 Å². The highest BCUT2D eigenvalue weighted by Crippen LogP contribution is 2.33. The van der Waals surface area contributed by atoms with Gasteiger partial charge in [0.25, 0.3) is 0 Å². The first-order valence-corrected chi connectivity index (χ1v) is 14.4. The van der Waals surface area contributed by atoms with Crippen molar-refractivity contribution in [3.63, 3.8) is 0 Å². The molecule has 0 atom stereocenters. The molecule has 0 spiro atoms. The maximum atomic E-state index is 5.07. The first-order chi connectivity index (χ1) is 20.8. The zero-order valence-electron chi connectivity index (χ0n) is 26.2. The number of hydrogen-bond donors (Lipinski definition) is 0. The van der Waals surface area contributed by atoms with E-state index in [0.717, 1.165) is 50.4 Å². The summed E-state index contributed by atoms with van der Waals surface area (Å²) in [5, 5.41) is 0. The van der Waals surface area contributed by atoms with Crippen LogP contribution in [0.15, 0.2) is 140 Å². The Hall–Kier alpha value is -5.08. The number of allylic oxidation sites excluding steroid dienone is 12. The molecule has 0 N–H and O–H groups in total. The molecule has 0 aliphatic rings. The molecule has 216 valence electrons. The molecule has 0 bridgehead atoms. The van der Waals surface area contributed by atoms with E-state index in [4.69, 9.17) is 9.98 Å². The van der Waals surface area contributed by atoms with Crippen LogP contribution in [0.2, 0.25) is 0 Å². The summed E-state index contributed by atoms with van der Waals surface area (Å²) in [6.07, 6.45) is 19.7. The highest BCUT2D eigenvalue weighted by Gasteiger charge is 2.16. The van der Waals surface area contributed by atoms with Crippen molar-refractivity contribution in [3.8, 4) is 0 Å². The molecule has 0 radical (unpaired) electrons. The van der Waals surface area contributed by atoms with E-state index in [9.17, 15) is 0 Å². The highest BCUT2D eigenvalue weighted by molar-refractivity contribution is 6.04. The molecular weight excluding hydrogens is 520 g/mol. The van der Waals surface area contributed by atoms with Gasteiger partial charge in [-0.15, -0.1) is 0 Å². The van der Waals surface area contributed by atoms with Crippen LogP contribution < -0.4 is 0 Å². The third kappa shape index (κ3) is 8.02. The van der Waals surface area contributed by atoms with Crippen molar-refractivity contribution < 1.29 is 0 Å². The Balaban J connectivity index is 2.28. The van der Waals surface area contributed by atoms with Crippen LogP contribution in [-0.2, 0) is 0 Å². The van der Waals surface area contributed by atoms with Gasteiger partial charge in [-0.2, -0.15) is 0 Å². The molecule has 0 amide bonds. The number of pyridine rings is 1. The predicted octanol–water partition coefficient (Wildman–Crippen LogP) is 11.5. The normalized spacial score (nSPS) is 13.3. The summed E-state index contributed by atoms with van der Waals surface area (Å²) in [7, 11) is 0. The average Bonchev–Trinajstić information content (AvgIpc) is 3.02. The minimum absolute atomic E-state index is 0.646. The Morgan fingerprint density at radius 3 is 2.12 bits per heavy atom. The van der Waals surface area contributed by atoms with E-state index in [1.807, 2.05) is 51.1 Å². The van der Waals surface area contributed by atoms with E-state index in [0.29, 0.717) is 5.82 Å². The number of aryl methyl sites for hydroxylation is 1. The van der Waals surface area contributed by atoms with Crippen LogP contribution in [0.1, 0.15) is 59.8 Å². The SMILES string of the molecule is C=C/C=C(\C=C)c1nc(N=C(C)/C=C(/C(C=C)=C/C=C(\C)c2ccccc2)c2ccccc2C)c(C)c(/C=C\C)c1C=C. The van der Waals surface area contributed by atoms with Gasteiger partial charge >= 0.3 is 0 Å². The van der Waals surface area contributed by atoms with Gasteiger partial charge in [-0.3, -0.25) is 0 Å². The Morgan fingerprint density at radius 1 is 0.814 bits per heavy atom. The number of hydrogen-bond acceptors (Lipinski definition) is 2. The first kappa shape index (κ1) is 32.4. The van der Waals surface area contributed by atoms with Crippen LogP contribution in [0.4, 0.5) is 5.82 Å². The van der Waals surface area contributed by atoms with Crippen molar-refractivity contribution in [2.75, 3.05) is 0 Å². The molecule has 0 saturated carbocycles. The molecular formula is C41H42N2. The standard InChI is InChI=1S/C41H42N2/c1-10-20-34(13-4)40-36(14-5)38(21-11-2)32(9)41(43-40)42-31(8)28-39(37-25-19-18-22-30(37)7)33(12-3)27-26-29(6)35-23-16-15-17-24-35/h10-28H,1,3-5H2,2,6-9H3/b21-11-,29-26+,33-27+,34-20+,39-28-,42-31?. The third-order valence-corrected chi connectivity index (χ3v) is 7.17. The topological polar surface area (TPSA) is 25.2 Å². The molecule has 1 aromatic heterocycles. The molecule has 1 heterocycles. The third-order valence-electron chi connectivity index (χ3n) is 7.17. The number of nitrogens with zero attached hydrogens (tertiary/aromatic N) is 2. The molecule has 3 aromatic rings. The van der Waals surface area contributed by atoms with Crippen molar-refractivity contribution in [1.82, 2.24) is 4.98 Å². The number of aromatic nitrogens is 1. The van der Waals surface area contributed by atoms with Crippen LogP contribution in [0.25, 0.3) is 28.9 Å². The largest absolute Gasteiger partial charge is 0.234 e. The Morgan fingerprint density at radius 2 is 1.51 bits per heavy atom. The lowest BCUT2D eigenvalue weighted by atomic mass is 9.92. The summed E-state index contributed by atoms with van der Waals surface area (Å²) in [5.74, 6) is 0.646. The highest BCUT2D eigenvalue weighted by atomic mass is 14.9. The van der Waals surface area contributed by atoms with Gasteiger partial charge in [-0.25, -0.2) is 9.98 Å². The van der Waals surface area contributed by atoms with E-state index >= 15 is 0 Å². The molecule has 0 saturated heterocycles. The molecule has 0 fully saturated rings. The van der Waals surface area contributed by atoms with Crippen LogP contribution >= 0.6 is 0 Å². The van der Waals surface area contributed by atoms with E-state index in [-0.39, 0.29) is 0 Å². The summed E-state index contributed by atoms with van der Waals surface area (Å²) < 4.78 is 0. The summed E-state index contributed by atoms with van der Waals surface area (Å²) in [6.45, 7) is 26.4. The molecule has 0 aliphatic carbocycles. The minimum Gasteiger partial charge on any atom is -0.234 e. The lowest BCUT2D eigenvalue weighted by molar-refractivity contribution is 1.18. The minimum atomic E-state index is 0.646. The number of aliphatic imine (C=N–C) groups is 1. The second-order valence-corrected chi connectivity index (χ2v) is 10.2. The van der Waals surface area contributed by atoms with Crippen molar-refractivity contribution in [2.45, 2.75) is 34.6 Å². The van der Waals surface area contributed by atoms with Gasteiger partial charge in [-0.05, 0) is 79.7 Å². The summed E-state index contributed by atoms with van der Waals surface area (Å²) in [5.41, 5.74) is 12.1. The van der Waals surface area contributed by atoms with Gasteiger partial charge in [-0.1, -0.05) is 136 Å².